The summed E-state index contributed by atoms with van der Waals surface area (Å²) >= 11 is 0. The van der Waals surface area contributed by atoms with E-state index in [1.54, 1.807) is 6.92 Å². The van der Waals surface area contributed by atoms with Gasteiger partial charge in [-0.1, -0.05) is 6.92 Å². The minimum absolute atomic E-state index is 0.198. The van der Waals surface area contributed by atoms with E-state index in [-0.39, 0.29) is 11.6 Å². The van der Waals surface area contributed by atoms with E-state index in [4.69, 9.17) is 0 Å². The molecule has 94 valence electrons. The summed E-state index contributed by atoms with van der Waals surface area (Å²) in [7, 11) is 0. The first-order chi connectivity index (χ1) is 8.02. The molecule has 5 heteroatoms. The Morgan fingerprint density at radius 3 is 2.41 bits per heavy atom. The number of benzene rings is 1. The lowest BCUT2D eigenvalue weighted by Gasteiger charge is -2.15. The molecule has 0 fully saturated rings. The minimum Gasteiger partial charge on any atom is -0.374 e. The number of hydrogen-bond acceptors (Lipinski definition) is 2. The highest BCUT2D eigenvalue weighted by Gasteiger charge is 2.12. The largest absolute Gasteiger partial charge is 0.374 e. The quantitative estimate of drug-likeness (QED) is 0.831. The van der Waals surface area contributed by atoms with Crippen molar-refractivity contribution in [3.8, 4) is 0 Å². The predicted octanol–water partition coefficient (Wildman–Crippen LogP) is 2.29. The van der Waals surface area contributed by atoms with Gasteiger partial charge in [-0.15, -0.1) is 0 Å². The first-order valence-electron chi connectivity index (χ1n) is 5.53. The van der Waals surface area contributed by atoms with Gasteiger partial charge >= 0.3 is 0 Å². The fourth-order valence-electron chi connectivity index (χ4n) is 1.35. The van der Waals surface area contributed by atoms with E-state index in [2.05, 4.69) is 10.6 Å². The van der Waals surface area contributed by atoms with Crippen LogP contribution in [0.4, 0.5) is 14.5 Å². The van der Waals surface area contributed by atoms with Gasteiger partial charge in [-0.3, -0.25) is 4.79 Å². The molecule has 1 unspecified atom stereocenters. The van der Waals surface area contributed by atoms with Crippen molar-refractivity contribution in [2.45, 2.75) is 26.3 Å². The van der Waals surface area contributed by atoms with E-state index in [0.29, 0.717) is 6.54 Å². The van der Waals surface area contributed by atoms with Crippen LogP contribution in [0.5, 0.6) is 0 Å². The number of amides is 1. The Balaban J connectivity index is 2.60. The van der Waals surface area contributed by atoms with E-state index in [9.17, 15) is 13.6 Å². The molecule has 0 bridgehead atoms. The Morgan fingerprint density at radius 2 is 1.88 bits per heavy atom. The second-order valence-corrected chi connectivity index (χ2v) is 3.82. The molecule has 2 N–H and O–H groups in total. The maximum Gasteiger partial charge on any atom is 0.242 e. The number of anilines is 1. The van der Waals surface area contributed by atoms with Crippen molar-refractivity contribution in [2.24, 2.45) is 0 Å². The Hall–Kier alpha value is -1.65. The van der Waals surface area contributed by atoms with E-state index < -0.39 is 17.7 Å². The molecule has 0 aliphatic rings. The van der Waals surface area contributed by atoms with Crippen molar-refractivity contribution in [1.82, 2.24) is 5.32 Å². The van der Waals surface area contributed by atoms with Crippen LogP contribution in [0.1, 0.15) is 20.3 Å². The lowest BCUT2D eigenvalue weighted by Crippen LogP contribution is -2.37. The Bertz CT molecular complexity index is 376. The molecule has 0 aromatic heterocycles. The van der Waals surface area contributed by atoms with E-state index in [1.165, 1.54) is 0 Å². The van der Waals surface area contributed by atoms with Crippen molar-refractivity contribution >= 4 is 11.6 Å². The molecule has 3 nitrogen and oxygen atoms in total. The average molecular weight is 242 g/mol. The summed E-state index contributed by atoms with van der Waals surface area (Å²) in [6.07, 6.45) is 0.840. The third-order valence-corrected chi connectivity index (χ3v) is 2.19. The van der Waals surface area contributed by atoms with Crippen LogP contribution in [0.3, 0.4) is 0 Å². The predicted molar refractivity (Wildman–Crippen MR) is 62.7 cm³/mol. The third kappa shape index (κ3) is 4.38. The monoisotopic (exact) mass is 242 g/mol. The number of hydrogen-bond donors (Lipinski definition) is 2. The average Bonchev–Trinajstić information content (AvgIpc) is 2.24. The van der Waals surface area contributed by atoms with Gasteiger partial charge in [-0.05, 0) is 25.5 Å². The third-order valence-electron chi connectivity index (χ3n) is 2.19. The van der Waals surface area contributed by atoms with Crippen molar-refractivity contribution < 1.29 is 13.6 Å². The second kappa shape index (κ2) is 6.18. The van der Waals surface area contributed by atoms with Gasteiger partial charge in [-0.2, -0.15) is 0 Å². The molecular formula is C12H16F2N2O. The minimum atomic E-state index is -0.673. The van der Waals surface area contributed by atoms with Gasteiger partial charge in [0.25, 0.3) is 0 Å². The number of nitrogens with one attached hydrogen (secondary N) is 2. The zero-order chi connectivity index (χ0) is 12.8. The van der Waals surface area contributed by atoms with Crippen LogP contribution in [0.25, 0.3) is 0 Å². The van der Waals surface area contributed by atoms with Gasteiger partial charge in [0.2, 0.25) is 5.91 Å². The zero-order valence-electron chi connectivity index (χ0n) is 9.89. The highest BCUT2D eigenvalue weighted by Crippen LogP contribution is 2.13. The second-order valence-electron chi connectivity index (χ2n) is 3.82. The lowest BCUT2D eigenvalue weighted by molar-refractivity contribution is -0.121. The number of rotatable bonds is 5. The fraction of sp³-hybridized carbons (Fsp3) is 0.417. The lowest BCUT2D eigenvalue weighted by atomic mass is 10.2. The SMILES string of the molecule is CCCNC(=O)C(C)Nc1cc(F)cc(F)c1. The van der Waals surface area contributed by atoms with Gasteiger partial charge in [-0.25, -0.2) is 8.78 Å². The van der Waals surface area contributed by atoms with Crippen LogP contribution in [0.2, 0.25) is 0 Å². The van der Waals surface area contributed by atoms with Crippen LogP contribution in [0.15, 0.2) is 18.2 Å². The van der Waals surface area contributed by atoms with E-state index >= 15 is 0 Å². The molecule has 0 radical (unpaired) electrons. The van der Waals surface area contributed by atoms with Crippen LogP contribution in [-0.4, -0.2) is 18.5 Å². The van der Waals surface area contributed by atoms with Crippen LogP contribution >= 0.6 is 0 Å². The molecule has 1 rings (SSSR count). The van der Waals surface area contributed by atoms with Crippen molar-refractivity contribution in [3.05, 3.63) is 29.8 Å². The Kier molecular flexibility index (Phi) is 4.87. The van der Waals surface area contributed by atoms with Gasteiger partial charge in [0.1, 0.15) is 17.7 Å². The fourth-order valence-corrected chi connectivity index (χ4v) is 1.35. The standard InChI is InChI=1S/C12H16F2N2O/c1-3-4-15-12(17)8(2)16-11-6-9(13)5-10(14)7-11/h5-8,16H,3-4H2,1-2H3,(H,15,17). The van der Waals surface area contributed by atoms with Gasteiger partial charge in [0.15, 0.2) is 0 Å². The maximum absolute atomic E-state index is 12.9. The molecule has 1 atom stereocenters. The van der Waals surface area contributed by atoms with Gasteiger partial charge < -0.3 is 10.6 Å². The van der Waals surface area contributed by atoms with Crippen LogP contribution < -0.4 is 10.6 Å². The van der Waals surface area contributed by atoms with Crippen LogP contribution in [-0.2, 0) is 4.79 Å². The summed E-state index contributed by atoms with van der Waals surface area (Å²) in [5, 5.41) is 5.43. The molecule has 0 aliphatic carbocycles. The van der Waals surface area contributed by atoms with E-state index in [0.717, 1.165) is 24.6 Å². The summed E-state index contributed by atoms with van der Waals surface area (Å²) < 4.78 is 25.8. The summed E-state index contributed by atoms with van der Waals surface area (Å²) in [4.78, 5) is 11.5. The van der Waals surface area contributed by atoms with Crippen LogP contribution in [0, 0.1) is 11.6 Å². The molecule has 0 heterocycles. The Morgan fingerprint density at radius 1 is 1.29 bits per heavy atom. The summed E-state index contributed by atoms with van der Waals surface area (Å²) in [6, 6.07) is 2.54. The number of carbonyl (C=O) groups excluding carboxylic acids is 1. The highest BCUT2D eigenvalue weighted by atomic mass is 19.1. The summed E-state index contributed by atoms with van der Waals surface area (Å²) in [5.74, 6) is -1.54. The van der Waals surface area contributed by atoms with Gasteiger partial charge in [0, 0.05) is 18.3 Å². The first kappa shape index (κ1) is 13.4. The molecule has 0 aliphatic heterocycles. The van der Waals surface area contributed by atoms with Gasteiger partial charge in [0.05, 0.1) is 0 Å². The summed E-state index contributed by atoms with van der Waals surface area (Å²) in [6.45, 7) is 4.16. The number of halogens is 2. The smallest absolute Gasteiger partial charge is 0.242 e. The molecule has 0 saturated heterocycles. The normalized spacial score (nSPS) is 12.0. The molecule has 0 saturated carbocycles. The number of carbonyl (C=O) groups is 1. The van der Waals surface area contributed by atoms with Crippen molar-refractivity contribution in [1.29, 1.82) is 0 Å². The van der Waals surface area contributed by atoms with E-state index in [1.807, 2.05) is 6.92 Å². The first-order valence-corrected chi connectivity index (χ1v) is 5.53. The molecular weight excluding hydrogens is 226 g/mol. The summed E-state index contributed by atoms with van der Waals surface area (Å²) in [5.41, 5.74) is 0.252. The molecule has 0 spiro atoms. The zero-order valence-corrected chi connectivity index (χ0v) is 9.89. The molecule has 1 amide bonds. The Labute approximate surface area is 99.2 Å². The maximum atomic E-state index is 12.9. The topological polar surface area (TPSA) is 41.1 Å². The van der Waals surface area contributed by atoms with Crippen molar-refractivity contribution in [2.75, 3.05) is 11.9 Å². The molecule has 17 heavy (non-hydrogen) atoms. The highest BCUT2D eigenvalue weighted by molar-refractivity contribution is 5.84. The molecule has 1 aromatic rings. The van der Waals surface area contributed by atoms with Crippen molar-refractivity contribution in [3.63, 3.8) is 0 Å². The molecule has 1 aromatic carbocycles.